The third-order valence-electron chi connectivity index (χ3n) is 9.30. The van der Waals surface area contributed by atoms with Gasteiger partial charge in [0.2, 0.25) is 0 Å². The molecule has 0 saturated heterocycles. The quantitative estimate of drug-likeness (QED) is 0.184. The molecule has 0 bridgehead atoms. The number of furan rings is 1. The molecule has 232 valence electrons. The van der Waals surface area contributed by atoms with Gasteiger partial charge in [-0.1, -0.05) is 152 Å². The zero-order valence-corrected chi connectivity index (χ0v) is 26.7. The predicted molar refractivity (Wildman–Crippen MR) is 200 cm³/mol. The minimum Gasteiger partial charge on any atom is -0.456 e. The average molecular weight is 630 g/mol. The van der Waals surface area contributed by atoms with Crippen LogP contribution in [0.3, 0.4) is 0 Å². The molecular formula is C45H31N3O. The molecule has 1 atom stereocenters. The first-order valence-electron chi connectivity index (χ1n) is 16.6. The van der Waals surface area contributed by atoms with Gasteiger partial charge in [0, 0.05) is 27.8 Å². The summed E-state index contributed by atoms with van der Waals surface area (Å²) in [7, 11) is 0. The van der Waals surface area contributed by atoms with E-state index in [-0.39, 0.29) is 5.92 Å². The maximum absolute atomic E-state index is 6.32. The molecule has 1 aliphatic carbocycles. The third-order valence-corrected chi connectivity index (χ3v) is 9.30. The molecular weight excluding hydrogens is 599 g/mol. The molecule has 0 fully saturated rings. The highest BCUT2D eigenvalue weighted by molar-refractivity contribution is 6.07. The number of benzene rings is 6. The first-order valence-corrected chi connectivity index (χ1v) is 16.6. The number of allylic oxidation sites excluding steroid dienone is 4. The molecule has 6 aromatic carbocycles. The summed E-state index contributed by atoms with van der Waals surface area (Å²) in [5, 5.41) is 2.29. The summed E-state index contributed by atoms with van der Waals surface area (Å²) in [6.07, 6.45) is 5.40. The van der Waals surface area contributed by atoms with Crippen LogP contribution in [0.2, 0.25) is 0 Å². The Hall–Kier alpha value is -6.39. The molecule has 0 radical (unpaired) electrons. The Kier molecular flexibility index (Phi) is 7.25. The van der Waals surface area contributed by atoms with Crippen LogP contribution in [0.25, 0.3) is 67.0 Å². The third kappa shape index (κ3) is 5.53. The molecule has 0 amide bonds. The van der Waals surface area contributed by atoms with Crippen molar-refractivity contribution in [3.8, 4) is 33.9 Å². The lowest BCUT2D eigenvalue weighted by Gasteiger charge is -2.23. The average Bonchev–Trinajstić information content (AvgIpc) is 3.58. The van der Waals surface area contributed by atoms with Crippen molar-refractivity contribution in [1.29, 1.82) is 0 Å². The van der Waals surface area contributed by atoms with Crippen molar-refractivity contribution in [2.24, 2.45) is 0 Å². The highest BCUT2D eigenvalue weighted by Gasteiger charge is 2.25. The number of fused-ring (bicyclic) bond motifs is 3. The van der Waals surface area contributed by atoms with Crippen molar-refractivity contribution in [2.75, 3.05) is 0 Å². The van der Waals surface area contributed by atoms with Crippen LogP contribution in [0.1, 0.15) is 29.3 Å². The molecule has 2 aromatic heterocycles. The summed E-state index contributed by atoms with van der Waals surface area (Å²) in [5.41, 5.74) is 10.7. The lowest BCUT2D eigenvalue weighted by molar-refractivity contribution is 0.668. The lowest BCUT2D eigenvalue weighted by Crippen LogP contribution is -2.09. The Balaban J connectivity index is 1.22. The Morgan fingerprint density at radius 3 is 1.65 bits per heavy atom. The van der Waals surface area contributed by atoms with Crippen molar-refractivity contribution < 1.29 is 4.42 Å². The van der Waals surface area contributed by atoms with Crippen LogP contribution < -0.4 is 0 Å². The van der Waals surface area contributed by atoms with Gasteiger partial charge in [0.05, 0.1) is 0 Å². The maximum atomic E-state index is 6.32. The highest BCUT2D eigenvalue weighted by atomic mass is 16.3. The van der Waals surface area contributed by atoms with E-state index in [9.17, 15) is 0 Å². The Bertz CT molecular complexity index is 2440. The SMILES string of the molecule is C1=C(c2ccc(-c3ccccc3)cc2)C=C(c2nc(-c3ccccc3)nc(-c3ccccc3)n2)CC1c1cccc2oc3ccccc3c12. The van der Waals surface area contributed by atoms with Gasteiger partial charge in [-0.15, -0.1) is 0 Å². The monoisotopic (exact) mass is 629 g/mol. The molecule has 2 heterocycles. The summed E-state index contributed by atoms with van der Waals surface area (Å²) in [6.45, 7) is 0. The topological polar surface area (TPSA) is 51.8 Å². The van der Waals surface area contributed by atoms with Crippen molar-refractivity contribution in [1.82, 2.24) is 15.0 Å². The molecule has 0 saturated carbocycles. The number of nitrogens with zero attached hydrogens (tertiary/aromatic N) is 3. The summed E-state index contributed by atoms with van der Waals surface area (Å²) >= 11 is 0. The number of hydrogen-bond donors (Lipinski definition) is 0. The van der Waals surface area contributed by atoms with Crippen LogP contribution >= 0.6 is 0 Å². The maximum Gasteiger partial charge on any atom is 0.164 e. The fraction of sp³-hybridized carbons (Fsp3) is 0.0444. The molecule has 4 nitrogen and oxygen atoms in total. The van der Waals surface area contributed by atoms with Gasteiger partial charge in [-0.3, -0.25) is 0 Å². The second-order valence-corrected chi connectivity index (χ2v) is 12.4. The molecule has 8 aromatic rings. The summed E-state index contributed by atoms with van der Waals surface area (Å²) < 4.78 is 6.32. The van der Waals surface area contributed by atoms with Gasteiger partial charge in [0.15, 0.2) is 17.5 Å². The van der Waals surface area contributed by atoms with Crippen molar-refractivity contribution >= 4 is 33.1 Å². The van der Waals surface area contributed by atoms with Crippen molar-refractivity contribution in [3.63, 3.8) is 0 Å². The first-order chi connectivity index (χ1) is 24.3. The van der Waals surface area contributed by atoms with Gasteiger partial charge in [-0.2, -0.15) is 0 Å². The van der Waals surface area contributed by atoms with E-state index in [2.05, 4.69) is 121 Å². The van der Waals surface area contributed by atoms with E-state index in [1.807, 2.05) is 48.5 Å². The van der Waals surface area contributed by atoms with E-state index in [0.29, 0.717) is 17.5 Å². The molecule has 4 heteroatoms. The standard InChI is InChI=1S/C45H31N3O/c1-4-13-30(14-5-1)31-23-25-32(26-24-31)35-27-36(38-20-12-22-41-42(38)39-19-10-11-21-40(39)49-41)29-37(28-35)45-47-43(33-15-6-2-7-16-33)46-44(48-45)34-17-8-3-9-18-34/h1-28,36H,29H2. The molecule has 1 aliphatic rings. The normalized spacial score (nSPS) is 14.5. The van der Waals surface area contributed by atoms with Crippen LogP contribution in [-0.2, 0) is 0 Å². The van der Waals surface area contributed by atoms with Gasteiger partial charge < -0.3 is 4.42 Å². The minimum atomic E-state index is 0.0608. The zero-order chi connectivity index (χ0) is 32.6. The number of aromatic nitrogens is 3. The minimum absolute atomic E-state index is 0.0608. The van der Waals surface area contributed by atoms with Gasteiger partial charge in [0.25, 0.3) is 0 Å². The van der Waals surface area contributed by atoms with Crippen LogP contribution in [-0.4, -0.2) is 15.0 Å². The number of rotatable bonds is 6. The lowest BCUT2D eigenvalue weighted by atomic mass is 9.81. The van der Waals surface area contributed by atoms with Gasteiger partial charge >= 0.3 is 0 Å². The van der Waals surface area contributed by atoms with Crippen LogP contribution in [0.5, 0.6) is 0 Å². The number of hydrogen-bond acceptors (Lipinski definition) is 4. The Morgan fingerprint density at radius 2 is 0.980 bits per heavy atom. The van der Waals surface area contributed by atoms with Crippen molar-refractivity contribution in [3.05, 3.63) is 187 Å². The van der Waals surface area contributed by atoms with Crippen molar-refractivity contribution in [2.45, 2.75) is 12.3 Å². The molecule has 9 rings (SSSR count). The number of para-hydroxylation sites is 1. The van der Waals surface area contributed by atoms with Gasteiger partial charge in [-0.25, -0.2) is 15.0 Å². The summed E-state index contributed by atoms with van der Waals surface area (Å²) in [4.78, 5) is 15.2. The second kappa shape index (κ2) is 12.3. The Morgan fingerprint density at radius 1 is 0.449 bits per heavy atom. The first kappa shape index (κ1) is 28.8. The Labute approximate surface area is 284 Å². The molecule has 0 N–H and O–H groups in total. The second-order valence-electron chi connectivity index (χ2n) is 12.4. The van der Waals surface area contributed by atoms with E-state index < -0.39 is 0 Å². The predicted octanol–water partition coefficient (Wildman–Crippen LogP) is 11.4. The zero-order valence-electron chi connectivity index (χ0n) is 26.7. The fourth-order valence-electron chi connectivity index (χ4n) is 6.89. The largest absolute Gasteiger partial charge is 0.456 e. The van der Waals surface area contributed by atoms with E-state index in [0.717, 1.165) is 56.2 Å². The van der Waals surface area contributed by atoms with E-state index in [4.69, 9.17) is 19.4 Å². The van der Waals surface area contributed by atoms with Gasteiger partial charge in [0.1, 0.15) is 11.2 Å². The van der Waals surface area contributed by atoms with E-state index in [1.165, 1.54) is 16.7 Å². The molecule has 0 spiro atoms. The molecule has 49 heavy (non-hydrogen) atoms. The van der Waals surface area contributed by atoms with Gasteiger partial charge in [-0.05, 0) is 58.0 Å². The van der Waals surface area contributed by atoms with Crippen LogP contribution in [0.4, 0.5) is 0 Å². The summed E-state index contributed by atoms with van der Waals surface area (Å²) in [6, 6.07) is 54.4. The van der Waals surface area contributed by atoms with Crippen LogP contribution in [0.15, 0.2) is 174 Å². The van der Waals surface area contributed by atoms with E-state index in [1.54, 1.807) is 0 Å². The van der Waals surface area contributed by atoms with Crippen LogP contribution in [0, 0.1) is 0 Å². The fourth-order valence-corrected chi connectivity index (χ4v) is 6.89. The highest BCUT2D eigenvalue weighted by Crippen LogP contribution is 2.43. The van der Waals surface area contributed by atoms with E-state index >= 15 is 0 Å². The molecule has 1 unspecified atom stereocenters. The molecule has 0 aliphatic heterocycles. The smallest absolute Gasteiger partial charge is 0.164 e. The summed E-state index contributed by atoms with van der Waals surface area (Å²) in [5.74, 6) is 2.07.